The van der Waals surface area contributed by atoms with Crippen LogP contribution >= 0.6 is 34.4 Å². The van der Waals surface area contributed by atoms with Crippen LogP contribution in [0.2, 0.25) is 0 Å². The quantitative estimate of drug-likeness (QED) is 0.474. The second kappa shape index (κ2) is 6.83. The largest absolute Gasteiger partial charge is 0.419 e. The maximum Gasteiger partial charge on any atom is 0.257 e. The molecule has 0 saturated carbocycles. The summed E-state index contributed by atoms with van der Waals surface area (Å²) in [5, 5.41) is 24.9. The van der Waals surface area contributed by atoms with E-state index in [9.17, 15) is 0 Å². The molecule has 4 aromatic heterocycles. The van der Waals surface area contributed by atoms with E-state index >= 15 is 0 Å². The highest BCUT2D eigenvalue weighted by Crippen LogP contribution is 2.34. The predicted octanol–water partition coefficient (Wildman–Crippen LogP) is 3.75. The molecule has 4 rings (SSSR count). The highest BCUT2D eigenvalue weighted by molar-refractivity contribution is 7.99. The van der Waals surface area contributed by atoms with Crippen LogP contribution in [0.5, 0.6) is 0 Å². The smallest absolute Gasteiger partial charge is 0.257 e. The first-order valence-electron chi connectivity index (χ1n) is 7.12. The van der Waals surface area contributed by atoms with Crippen molar-refractivity contribution in [2.75, 3.05) is 0 Å². The molecule has 0 aliphatic carbocycles. The van der Waals surface area contributed by atoms with E-state index < -0.39 is 0 Å². The standard InChI is InChI=1S/C14H12N6OS3/c1-9(12-15-16-13(21-12)11-5-3-7-23-11)24-14-17-18-19-20(14)8-10-4-2-6-22-10/h2-7,9H,8H2,1H3/t9-/m0/s1. The minimum absolute atomic E-state index is 0.0423. The molecule has 0 radical (unpaired) electrons. The number of tetrazole rings is 1. The van der Waals surface area contributed by atoms with Crippen molar-refractivity contribution >= 4 is 34.4 Å². The molecule has 0 N–H and O–H groups in total. The second-order valence-electron chi connectivity index (χ2n) is 4.88. The third kappa shape index (κ3) is 3.25. The maximum absolute atomic E-state index is 5.78. The second-order valence-corrected chi connectivity index (χ2v) is 8.17. The molecular weight excluding hydrogens is 364 g/mol. The lowest BCUT2D eigenvalue weighted by molar-refractivity contribution is 0.509. The van der Waals surface area contributed by atoms with Gasteiger partial charge in [0.2, 0.25) is 11.0 Å². The molecule has 4 aromatic rings. The molecule has 0 spiro atoms. The molecule has 0 bridgehead atoms. The Morgan fingerprint density at radius 3 is 2.83 bits per heavy atom. The summed E-state index contributed by atoms with van der Waals surface area (Å²) in [6, 6.07) is 8.00. The Hall–Kier alpha value is -2.04. The number of thioether (sulfide) groups is 1. The molecule has 24 heavy (non-hydrogen) atoms. The Bertz CT molecular complexity index is 899. The van der Waals surface area contributed by atoms with Gasteiger partial charge in [0.25, 0.3) is 5.89 Å². The molecule has 0 amide bonds. The van der Waals surface area contributed by atoms with Crippen molar-refractivity contribution in [3.63, 3.8) is 0 Å². The Morgan fingerprint density at radius 2 is 2.04 bits per heavy atom. The average molecular weight is 376 g/mol. The van der Waals surface area contributed by atoms with Crippen molar-refractivity contribution in [1.82, 2.24) is 30.4 Å². The van der Waals surface area contributed by atoms with Crippen LogP contribution < -0.4 is 0 Å². The van der Waals surface area contributed by atoms with Gasteiger partial charge in [-0.15, -0.1) is 38.0 Å². The fraction of sp³-hybridized carbons (Fsp3) is 0.214. The number of hydrogen-bond acceptors (Lipinski definition) is 9. The van der Waals surface area contributed by atoms with Crippen LogP contribution in [-0.2, 0) is 6.54 Å². The summed E-state index contributed by atoms with van der Waals surface area (Å²) in [5.74, 6) is 1.11. The summed E-state index contributed by atoms with van der Waals surface area (Å²) in [4.78, 5) is 2.17. The third-order valence-corrected chi connectivity index (χ3v) is 5.96. The minimum Gasteiger partial charge on any atom is -0.419 e. The van der Waals surface area contributed by atoms with Crippen LogP contribution in [0.4, 0.5) is 0 Å². The molecule has 0 unspecified atom stereocenters. The molecule has 0 aromatic carbocycles. The van der Waals surface area contributed by atoms with Gasteiger partial charge in [-0.25, -0.2) is 4.68 Å². The molecule has 0 fully saturated rings. The van der Waals surface area contributed by atoms with Gasteiger partial charge in [-0.1, -0.05) is 23.9 Å². The number of aromatic nitrogens is 6. The number of nitrogens with zero attached hydrogens (tertiary/aromatic N) is 6. The van der Waals surface area contributed by atoms with Gasteiger partial charge in [0.05, 0.1) is 16.7 Å². The van der Waals surface area contributed by atoms with E-state index in [0.29, 0.717) is 18.3 Å². The summed E-state index contributed by atoms with van der Waals surface area (Å²) >= 11 is 4.76. The molecule has 122 valence electrons. The zero-order chi connectivity index (χ0) is 16.4. The van der Waals surface area contributed by atoms with Crippen LogP contribution in [-0.4, -0.2) is 30.4 Å². The maximum atomic E-state index is 5.78. The van der Waals surface area contributed by atoms with E-state index in [1.807, 2.05) is 35.9 Å². The third-order valence-electron chi connectivity index (χ3n) is 3.19. The van der Waals surface area contributed by atoms with Gasteiger partial charge in [-0.3, -0.25) is 0 Å². The van der Waals surface area contributed by atoms with Crippen molar-refractivity contribution < 1.29 is 4.42 Å². The van der Waals surface area contributed by atoms with Gasteiger partial charge in [0.1, 0.15) is 0 Å². The van der Waals surface area contributed by atoms with E-state index in [0.717, 1.165) is 10.0 Å². The average Bonchev–Trinajstić information content (AvgIpc) is 3.37. The normalized spacial score (nSPS) is 12.5. The lowest BCUT2D eigenvalue weighted by Crippen LogP contribution is -2.03. The number of thiophene rings is 2. The zero-order valence-corrected chi connectivity index (χ0v) is 15.0. The molecular formula is C14H12N6OS3. The summed E-state index contributed by atoms with van der Waals surface area (Å²) in [6.07, 6.45) is 0. The van der Waals surface area contributed by atoms with Gasteiger partial charge in [0.15, 0.2) is 0 Å². The molecule has 4 heterocycles. The predicted molar refractivity (Wildman–Crippen MR) is 93.1 cm³/mol. The molecule has 0 aliphatic heterocycles. The summed E-state index contributed by atoms with van der Waals surface area (Å²) in [6.45, 7) is 2.66. The van der Waals surface area contributed by atoms with Crippen LogP contribution in [0.3, 0.4) is 0 Å². The van der Waals surface area contributed by atoms with Crippen molar-refractivity contribution in [1.29, 1.82) is 0 Å². The van der Waals surface area contributed by atoms with E-state index in [2.05, 4.69) is 31.8 Å². The summed E-state index contributed by atoms with van der Waals surface area (Å²) < 4.78 is 7.56. The first-order chi connectivity index (χ1) is 11.8. The van der Waals surface area contributed by atoms with Gasteiger partial charge in [0, 0.05) is 4.88 Å². The van der Waals surface area contributed by atoms with Crippen molar-refractivity contribution in [3.05, 3.63) is 45.8 Å². The van der Waals surface area contributed by atoms with Crippen LogP contribution in [0, 0.1) is 0 Å². The molecule has 0 saturated heterocycles. The molecule has 7 nitrogen and oxygen atoms in total. The lowest BCUT2D eigenvalue weighted by Gasteiger charge is -2.06. The highest BCUT2D eigenvalue weighted by atomic mass is 32.2. The summed E-state index contributed by atoms with van der Waals surface area (Å²) in [7, 11) is 0. The first kappa shape index (κ1) is 15.5. The fourth-order valence-electron chi connectivity index (χ4n) is 2.04. The van der Waals surface area contributed by atoms with E-state index in [4.69, 9.17) is 4.42 Å². The molecule has 10 heteroatoms. The molecule has 1 atom stereocenters. The summed E-state index contributed by atoms with van der Waals surface area (Å²) in [5.41, 5.74) is 0. The van der Waals surface area contributed by atoms with E-state index in [1.54, 1.807) is 27.4 Å². The zero-order valence-electron chi connectivity index (χ0n) is 12.6. The minimum atomic E-state index is -0.0423. The van der Waals surface area contributed by atoms with Crippen LogP contribution in [0.15, 0.2) is 44.6 Å². The Morgan fingerprint density at radius 1 is 1.17 bits per heavy atom. The highest BCUT2D eigenvalue weighted by Gasteiger charge is 2.20. The molecule has 0 aliphatic rings. The lowest BCUT2D eigenvalue weighted by atomic mass is 10.5. The Kier molecular flexibility index (Phi) is 4.41. The van der Waals surface area contributed by atoms with E-state index in [-0.39, 0.29) is 5.25 Å². The number of rotatable bonds is 6. The first-order valence-corrected chi connectivity index (χ1v) is 9.76. The van der Waals surface area contributed by atoms with Crippen molar-refractivity contribution in [3.8, 4) is 10.8 Å². The van der Waals surface area contributed by atoms with Crippen LogP contribution in [0.1, 0.15) is 22.9 Å². The fourth-order valence-corrected chi connectivity index (χ4v) is 4.19. The van der Waals surface area contributed by atoms with Gasteiger partial charge in [-0.2, -0.15) is 0 Å². The van der Waals surface area contributed by atoms with Gasteiger partial charge >= 0.3 is 0 Å². The van der Waals surface area contributed by atoms with Crippen molar-refractivity contribution in [2.24, 2.45) is 0 Å². The SMILES string of the molecule is C[C@H](Sc1nnnn1Cc1cccs1)c1nnc(-c2cccs2)o1. The van der Waals surface area contributed by atoms with Crippen LogP contribution in [0.25, 0.3) is 10.8 Å². The topological polar surface area (TPSA) is 82.5 Å². The monoisotopic (exact) mass is 376 g/mol. The Balaban J connectivity index is 1.49. The number of hydrogen-bond donors (Lipinski definition) is 0. The van der Waals surface area contributed by atoms with E-state index in [1.165, 1.54) is 16.6 Å². The Labute approximate surface area is 149 Å². The van der Waals surface area contributed by atoms with Gasteiger partial charge < -0.3 is 4.42 Å². The van der Waals surface area contributed by atoms with Gasteiger partial charge in [-0.05, 0) is 40.2 Å². The van der Waals surface area contributed by atoms with Crippen molar-refractivity contribution in [2.45, 2.75) is 23.9 Å².